The SMILES string of the molecule is COCc1ccccc1C1N=C(N)NC1=O. The van der Waals surface area contributed by atoms with Gasteiger partial charge >= 0.3 is 0 Å². The van der Waals surface area contributed by atoms with E-state index in [1.807, 2.05) is 24.3 Å². The van der Waals surface area contributed by atoms with E-state index in [1.165, 1.54) is 0 Å². The lowest BCUT2D eigenvalue weighted by molar-refractivity contribution is -0.120. The van der Waals surface area contributed by atoms with Crippen molar-refractivity contribution in [2.45, 2.75) is 12.6 Å². The predicted octanol–water partition coefficient (Wildman–Crippen LogP) is 0.319. The molecule has 0 saturated heterocycles. The summed E-state index contributed by atoms with van der Waals surface area (Å²) in [5.41, 5.74) is 7.25. The molecule has 0 spiro atoms. The van der Waals surface area contributed by atoms with Gasteiger partial charge in [-0.2, -0.15) is 0 Å². The first-order valence-electron chi connectivity index (χ1n) is 4.93. The molecule has 0 radical (unpaired) electrons. The zero-order valence-corrected chi connectivity index (χ0v) is 8.93. The quantitative estimate of drug-likeness (QED) is 0.768. The number of nitrogens with two attached hydrogens (primary N) is 1. The van der Waals surface area contributed by atoms with Crippen LogP contribution < -0.4 is 11.1 Å². The third-order valence-electron chi connectivity index (χ3n) is 2.42. The highest BCUT2D eigenvalue weighted by Gasteiger charge is 2.28. The van der Waals surface area contributed by atoms with E-state index in [0.29, 0.717) is 6.61 Å². The van der Waals surface area contributed by atoms with Crippen LogP contribution in [0.5, 0.6) is 0 Å². The Hall–Kier alpha value is -1.88. The monoisotopic (exact) mass is 219 g/mol. The van der Waals surface area contributed by atoms with Gasteiger partial charge in [-0.3, -0.25) is 10.1 Å². The normalized spacial score (nSPS) is 19.4. The molecule has 2 rings (SSSR count). The molecule has 0 saturated carbocycles. The third kappa shape index (κ3) is 1.90. The number of methoxy groups -OCH3 is 1. The smallest absolute Gasteiger partial charge is 0.256 e. The molecule has 0 fully saturated rings. The van der Waals surface area contributed by atoms with E-state index < -0.39 is 6.04 Å². The van der Waals surface area contributed by atoms with Crippen LogP contribution in [0.1, 0.15) is 17.2 Å². The van der Waals surface area contributed by atoms with E-state index in [0.717, 1.165) is 11.1 Å². The lowest BCUT2D eigenvalue weighted by Crippen LogP contribution is -2.31. The Morgan fingerprint density at radius 2 is 2.25 bits per heavy atom. The summed E-state index contributed by atoms with van der Waals surface area (Å²) in [4.78, 5) is 15.7. The Morgan fingerprint density at radius 1 is 1.50 bits per heavy atom. The number of aliphatic imine (C=N–C) groups is 1. The van der Waals surface area contributed by atoms with Crippen LogP contribution >= 0.6 is 0 Å². The van der Waals surface area contributed by atoms with Gasteiger partial charge in [0.25, 0.3) is 5.91 Å². The molecule has 84 valence electrons. The fourth-order valence-electron chi connectivity index (χ4n) is 1.72. The van der Waals surface area contributed by atoms with Crippen molar-refractivity contribution >= 4 is 11.9 Å². The van der Waals surface area contributed by atoms with E-state index in [2.05, 4.69) is 10.3 Å². The summed E-state index contributed by atoms with van der Waals surface area (Å²) < 4.78 is 5.08. The molecule has 5 heteroatoms. The van der Waals surface area contributed by atoms with Gasteiger partial charge < -0.3 is 10.5 Å². The number of benzene rings is 1. The number of carbonyl (C=O) groups is 1. The number of carbonyl (C=O) groups excluding carboxylic acids is 1. The van der Waals surface area contributed by atoms with Gasteiger partial charge in [-0.05, 0) is 11.1 Å². The van der Waals surface area contributed by atoms with Crippen molar-refractivity contribution in [2.75, 3.05) is 7.11 Å². The number of nitrogens with zero attached hydrogens (tertiary/aromatic N) is 1. The molecule has 0 aliphatic carbocycles. The molecule has 1 heterocycles. The summed E-state index contributed by atoms with van der Waals surface area (Å²) >= 11 is 0. The Kier molecular flexibility index (Phi) is 2.87. The van der Waals surface area contributed by atoms with Crippen molar-refractivity contribution < 1.29 is 9.53 Å². The van der Waals surface area contributed by atoms with Crippen molar-refractivity contribution in [3.05, 3.63) is 35.4 Å². The molecule has 16 heavy (non-hydrogen) atoms. The maximum absolute atomic E-state index is 11.6. The third-order valence-corrected chi connectivity index (χ3v) is 2.42. The van der Waals surface area contributed by atoms with E-state index in [9.17, 15) is 4.79 Å². The Labute approximate surface area is 93.3 Å². The van der Waals surface area contributed by atoms with Gasteiger partial charge in [0.15, 0.2) is 12.0 Å². The highest BCUT2D eigenvalue weighted by Crippen LogP contribution is 2.24. The van der Waals surface area contributed by atoms with E-state index in [1.54, 1.807) is 7.11 Å². The Morgan fingerprint density at radius 3 is 2.88 bits per heavy atom. The summed E-state index contributed by atoms with van der Waals surface area (Å²) in [5, 5.41) is 2.48. The number of rotatable bonds is 3. The molecule has 0 aromatic heterocycles. The molecular formula is C11H13N3O2. The minimum Gasteiger partial charge on any atom is -0.380 e. The summed E-state index contributed by atoms with van der Waals surface area (Å²) in [6.45, 7) is 0.454. The summed E-state index contributed by atoms with van der Waals surface area (Å²) in [6, 6.07) is 6.99. The van der Waals surface area contributed by atoms with Gasteiger partial charge in [-0.25, -0.2) is 4.99 Å². The fraction of sp³-hybridized carbons (Fsp3) is 0.273. The number of ether oxygens (including phenoxy) is 1. The average molecular weight is 219 g/mol. The molecule has 1 aliphatic rings. The van der Waals surface area contributed by atoms with Crippen LogP contribution in [0.3, 0.4) is 0 Å². The van der Waals surface area contributed by atoms with Crippen LogP contribution in [-0.4, -0.2) is 19.0 Å². The molecule has 5 nitrogen and oxygen atoms in total. The van der Waals surface area contributed by atoms with Crippen LogP contribution in [0.25, 0.3) is 0 Å². The second-order valence-corrected chi connectivity index (χ2v) is 3.54. The topological polar surface area (TPSA) is 76.7 Å². The van der Waals surface area contributed by atoms with Crippen LogP contribution in [-0.2, 0) is 16.1 Å². The number of amides is 1. The maximum Gasteiger partial charge on any atom is 0.256 e. The standard InChI is InChI=1S/C11H13N3O2/c1-16-6-7-4-2-3-5-8(7)9-10(15)14-11(12)13-9/h2-5,9H,6H2,1H3,(H3,12,13,14,15). The fourth-order valence-corrected chi connectivity index (χ4v) is 1.72. The molecule has 1 amide bonds. The maximum atomic E-state index is 11.6. The minimum absolute atomic E-state index is 0.169. The molecule has 1 aromatic carbocycles. The molecular weight excluding hydrogens is 206 g/mol. The van der Waals surface area contributed by atoms with Crippen molar-refractivity contribution in [3.63, 3.8) is 0 Å². The predicted molar refractivity (Wildman–Crippen MR) is 59.7 cm³/mol. The Balaban J connectivity index is 2.36. The van der Waals surface area contributed by atoms with Gasteiger partial charge in [0.1, 0.15) is 0 Å². The molecule has 1 aliphatic heterocycles. The summed E-state index contributed by atoms with van der Waals surface area (Å²) in [7, 11) is 1.61. The lowest BCUT2D eigenvalue weighted by Gasteiger charge is -2.10. The van der Waals surface area contributed by atoms with Gasteiger partial charge in [-0.1, -0.05) is 24.3 Å². The highest BCUT2D eigenvalue weighted by atomic mass is 16.5. The first kappa shape index (κ1) is 10.6. The van der Waals surface area contributed by atoms with Crippen molar-refractivity contribution in [2.24, 2.45) is 10.7 Å². The number of hydrogen-bond donors (Lipinski definition) is 2. The van der Waals surface area contributed by atoms with Gasteiger partial charge in [0, 0.05) is 7.11 Å². The van der Waals surface area contributed by atoms with Gasteiger partial charge in [0.05, 0.1) is 6.61 Å². The van der Waals surface area contributed by atoms with Crippen molar-refractivity contribution in [1.82, 2.24) is 5.32 Å². The minimum atomic E-state index is -0.550. The molecule has 1 unspecified atom stereocenters. The summed E-state index contributed by atoms with van der Waals surface area (Å²) in [6.07, 6.45) is 0. The van der Waals surface area contributed by atoms with Crippen LogP contribution in [0.2, 0.25) is 0 Å². The van der Waals surface area contributed by atoms with Crippen molar-refractivity contribution in [1.29, 1.82) is 0 Å². The van der Waals surface area contributed by atoms with Gasteiger partial charge in [-0.15, -0.1) is 0 Å². The van der Waals surface area contributed by atoms with Crippen LogP contribution in [0, 0.1) is 0 Å². The van der Waals surface area contributed by atoms with E-state index in [4.69, 9.17) is 10.5 Å². The van der Waals surface area contributed by atoms with Crippen LogP contribution in [0.15, 0.2) is 29.3 Å². The highest BCUT2D eigenvalue weighted by molar-refractivity contribution is 6.04. The van der Waals surface area contributed by atoms with Gasteiger partial charge in [0.2, 0.25) is 0 Å². The number of hydrogen-bond acceptors (Lipinski definition) is 4. The molecule has 1 atom stereocenters. The average Bonchev–Trinajstić information content (AvgIpc) is 2.59. The molecule has 3 N–H and O–H groups in total. The van der Waals surface area contributed by atoms with Crippen LogP contribution in [0.4, 0.5) is 0 Å². The second kappa shape index (κ2) is 4.32. The molecule has 0 bridgehead atoms. The number of guanidine groups is 1. The lowest BCUT2D eigenvalue weighted by atomic mass is 10.0. The summed E-state index contributed by atoms with van der Waals surface area (Å²) in [5.74, 6) is -0.0247. The zero-order chi connectivity index (χ0) is 11.5. The first-order chi connectivity index (χ1) is 7.72. The number of nitrogens with one attached hydrogen (secondary N) is 1. The molecule has 1 aromatic rings. The largest absolute Gasteiger partial charge is 0.380 e. The van der Waals surface area contributed by atoms with E-state index in [-0.39, 0.29) is 11.9 Å². The second-order valence-electron chi connectivity index (χ2n) is 3.54. The first-order valence-corrected chi connectivity index (χ1v) is 4.93. The van der Waals surface area contributed by atoms with Crippen molar-refractivity contribution in [3.8, 4) is 0 Å². The zero-order valence-electron chi connectivity index (χ0n) is 8.93. The Bertz CT molecular complexity index is 443. The van der Waals surface area contributed by atoms with E-state index >= 15 is 0 Å².